The number of hydrogen-bond donors (Lipinski definition) is 3. The van der Waals surface area contributed by atoms with E-state index in [1.165, 1.54) is 18.3 Å². The van der Waals surface area contributed by atoms with Gasteiger partial charge in [-0.05, 0) is 37.5 Å². The third-order valence-corrected chi connectivity index (χ3v) is 7.16. The summed E-state index contributed by atoms with van der Waals surface area (Å²) in [5.41, 5.74) is 3.82. The van der Waals surface area contributed by atoms with Crippen LogP contribution in [0.25, 0.3) is 44.1 Å². The van der Waals surface area contributed by atoms with Crippen molar-refractivity contribution in [3.8, 4) is 11.1 Å². The van der Waals surface area contributed by atoms with Gasteiger partial charge < -0.3 is 24.9 Å². The average Bonchev–Trinajstić information content (AvgIpc) is 3.28. The van der Waals surface area contributed by atoms with Crippen LogP contribution in [0.15, 0.2) is 41.6 Å². The topological polar surface area (TPSA) is 116 Å². The molecule has 0 spiro atoms. The van der Waals surface area contributed by atoms with Crippen molar-refractivity contribution in [2.45, 2.75) is 19.3 Å². The van der Waals surface area contributed by atoms with Gasteiger partial charge in [0.15, 0.2) is 0 Å². The fraction of sp³-hybridized carbons (Fsp3) is 0.259. The lowest BCUT2D eigenvalue weighted by Crippen LogP contribution is -2.30. The summed E-state index contributed by atoms with van der Waals surface area (Å²) in [5.74, 6) is -1.64. The first-order valence-electron chi connectivity index (χ1n) is 12.2. The second-order valence-electron chi connectivity index (χ2n) is 9.43. The van der Waals surface area contributed by atoms with E-state index >= 15 is 0 Å². The molecular weight excluding hydrogens is 475 g/mol. The molecule has 0 saturated carbocycles. The number of halogens is 1. The standard InChI is InChI=1S/C27H25FN6O3/c1-29-20-10-15(28)9-16-21-23(34-6-4-3-5-7-34)18(12-30-25(21)32-22(16)20)14-8-17-24(35)19(27(36)37)13-33(2)26(17)31-11-14/h8-13,29H,3-7H2,1-2H3,(H,30,32)(H,36,37). The van der Waals surface area contributed by atoms with Crippen LogP contribution in [0.4, 0.5) is 15.8 Å². The molecule has 188 valence electrons. The molecule has 5 heterocycles. The van der Waals surface area contributed by atoms with Gasteiger partial charge in [0.05, 0.1) is 27.7 Å². The number of piperidine rings is 1. The van der Waals surface area contributed by atoms with E-state index in [-0.39, 0.29) is 16.8 Å². The van der Waals surface area contributed by atoms with E-state index in [4.69, 9.17) is 0 Å². The molecule has 9 nitrogen and oxygen atoms in total. The van der Waals surface area contributed by atoms with Gasteiger partial charge in [0.25, 0.3) is 0 Å². The maximum atomic E-state index is 14.7. The number of aromatic carboxylic acids is 1. The summed E-state index contributed by atoms with van der Waals surface area (Å²) in [7, 11) is 3.41. The molecule has 0 aliphatic carbocycles. The minimum atomic E-state index is -1.29. The summed E-state index contributed by atoms with van der Waals surface area (Å²) in [6.07, 6.45) is 7.89. The molecule has 37 heavy (non-hydrogen) atoms. The minimum absolute atomic E-state index is 0.215. The zero-order valence-electron chi connectivity index (χ0n) is 20.4. The molecule has 10 heteroatoms. The fourth-order valence-corrected chi connectivity index (χ4v) is 5.43. The van der Waals surface area contributed by atoms with Crippen LogP contribution in [0.5, 0.6) is 0 Å². The van der Waals surface area contributed by atoms with Crippen LogP contribution in [0.1, 0.15) is 29.6 Å². The highest BCUT2D eigenvalue weighted by Gasteiger charge is 2.24. The number of hydrogen-bond acceptors (Lipinski definition) is 6. The third-order valence-electron chi connectivity index (χ3n) is 7.16. The normalized spacial score (nSPS) is 14.1. The van der Waals surface area contributed by atoms with Crippen molar-refractivity contribution in [3.05, 3.63) is 58.4 Å². The number of rotatable bonds is 4. The van der Waals surface area contributed by atoms with E-state index in [1.54, 1.807) is 37.1 Å². The van der Waals surface area contributed by atoms with Gasteiger partial charge in [0, 0.05) is 62.3 Å². The second kappa shape index (κ2) is 8.58. The molecule has 1 aliphatic rings. The Hall–Kier alpha value is -4.47. The smallest absolute Gasteiger partial charge is 0.341 e. The zero-order valence-corrected chi connectivity index (χ0v) is 20.4. The fourth-order valence-electron chi connectivity index (χ4n) is 5.43. The molecule has 4 aromatic heterocycles. The van der Waals surface area contributed by atoms with Gasteiger partial charge in [-0.3, -0.25) is 4.79 Å². The molecule has 1 fully saturated rings. The van der Waals surface area contributed by atoms with Crippen LogP contribution in [0.2, 0.25) is 0 Å². The second-order valence-corrected chi connectivity index (χ2v) is 9.43. The SMILES string of the molecule is CNc1cc(F)cc2c1[nH]c1ncc(-c3cnc4c(c3)c(=O)c(C(=O)O)cn4C)c(N3CCCCC3)c12. The van der Waals surface area contributed by atoms with Crippen molar-refractivity contribution in [1.29, 1.82) is 0 Å². The Kier molecular flexibility index (Phi) is 5.32. The predicted molar refractivity (Wildman–Crippen MR) is 142 cm³/mol. The number of aromatic amines is 1. The molecule has 6 rings (SSSR count). The quantitative estimate of drug-likeness (QED) is 0.333. The Morgan fingerprint density at radius 3 is 2.62 bits per heavy atom. The predicted octanol–water partition coefficient (Wildman–Crippen LogP) is 4.50. The van der Waals surface area contributed by atoms with Crippen molar-refractivity contribution in [1.82, 2.24) is 19.5 Å². The molecule has 1 aliphatic heterocycles. The summed E-state index contributed by atoms with van der Waals surface area (Å²) in [5, 5.41) is 14.3. The number of aromatic nitrogens is 4. The van der Waals surface area contributed by atoms with Crippen LogP contribution in [0.3, 0.4) is 0 Å². The lowest BCUT2D eigenvalue weighted by molar-refractivity contribution is 0.0695. The highest BCUT2D eigenvalue weighted by atomic mass is 19.1. The molecule has 0 radical (unpaired) electrons. The van der Waals surface area contributed by atoms with Gasteiger partial charge in [-0.1, -0.05) is 0 Å². The number of carboxylic acid groups (broad SMARTS) is 1. The van der Waals surface area contributed by atoms with Gasteiger partial charge >= 0.3 is 5.97 Å². The monoisotopic (exact) mass is 500 g/mol. The number of fused-ring (bicyclic) bond motifs is 4. The number of pyridine rings is 3. The lowest BCUT2D eigenvalue weighted by Gasteiger charge is -2.31. The largest absolute Gasteiger partial charge is 0.477 e. The zero-order chi connectivity index (χ0) is 25.8. The minimum Gasteiger partial charge on any atom is -0.477 e. The molecule has 1 saturated heterocycles. The molecule has 0 bridgehead atoms. The number of carbonyl (C=O) groups is 1. The summed E-state index contributed by atoms with van der Waals surface area (Å²) in [4.78, 5) is 39.5. The number of aryl methyl sites for hydroxylation is 1. The van der Waals surface area contributed by atoms with Gasteiger partial charge in [0.1, 0.15) is 22.7 Å². The van der Waals surface area contributed by atoms with Crippen LogP contribution in [-0.2, 0) is 7.05 Å². The van der Waals surface area contributed by atoms with Gasteiger partial charge in [0.2, 0.25) is 5.43 Å². The number of H-pyrrole nitrogens is 1. The van der Waals surface area contributed by atoms with Crippen molar-refractivity contribution in [2.24, 2.45) is 7.05 Å². The van der Waals surface area contributed by atoms with E-state index < -0.39 is 11.4 Å². The van der Waals surface area contributed by atoms with Crippen molar-refractivity contribution in [2.75, 3.05) is 30.4 Å². The summed E-state index contributed by atoms with van der Waals surface area (Å²) in [6.45, 7) is 1.66. The van der Waals surface area contributed by atoms with Crippen molar-refractivity contribution in [3.63, 3.8) is 0 Å². The third kappa shape index (κ3) is 3.59. The Bertz CT molecular complexity index is 1790. The van der Waals surface area contributed by atoms with Crippen LogP contribution in [0, 0.1) is 5.82 Å². The maximum absolute atomic E-state index is 14.7. The number of benzene rings is 1. The van der Waals surface area contributed by atoms with Crippen LogP contribution in [-0.4, -0.2) is 50.7 Å². The maximum Gasteiger partial charge on any atom is 0.341 e. The molecule has 0 atom stereocenters. The average molecular weight is 501 g/mol. The highest BCUT2D eigenvalue weighted by Crippen LogP contribution is 2.42. The molecule has 0 amide bonds. The Balaban J connectivity index is 1.69. The number of nitrogens with one attached hydrogen (secondary N) is 2. The van der Waals surface area contributed by atoms with E-state index in [9.17, 15) is 19.1 Å². The van der Waals surface area contributed by atoms with Crippen LogP contribution >= 0.6 is 0 Å². The van der Waals surface area contributed by atoms with Crippen LogP contribution < -0.4 is 15.6 Å². The lowest BCUT2D eigenvalue weighted by atomic mass is 9.99. The van der Waals surface area contributed by atoms with E-state index in [2.05, 4.69) is 25.2 Å². The Morgan fingerprint density at radius 1 is 1.11 bits per heavy atom. The van der Waals surface area contributed by atoms with Crippen molar-refractivity contribution >= 4 is 50.3 Å². The molecule has 0 unspecified atom stereocenters. The summed E-state index contributed by atoms with van der Waals surface area (Å²) < 4.78 is 16.2. The number of nitrogens with zero attached hydrogens (tertiary/aromatic N) is 4. The van der Waals surface area contributed by atoms with Gasteiger partial charge in [-0.15, -0.1) is 0 Å². The first kappa shape index (κ1) is 23.0. The Morgan fingerprint density at radius 2 is 1.89 bits per heavy atom. The highest BCUT2D eigenvalue weighted by molar-refractivity contribution is 6.17. The van der Waals surface area contributed by atoms with E-state index in [0.29, 0.717) is 27.9 Å². The molecule has 1 aromatic carbocycles. The van der Waals surface area contributed by atoms with Gasteiger partial charge in [-0.25, -0.2) is 19.2 Å². The number of anilines is 2. The van der Waals surface area contributed by atoms with Gasteiger partial charge in [-0.2, -0.15) is 0 Å². The first-order chi connectivity index (χ1) is 17.9. The first-order valence-corrected chi connectivity index (χ1v) is 12.2. The summed E-state index contributed by atoms with van der Waals surface area (Å²) in [6, 6.07) is 4.64. The summed E-state index contributed by atoms with van der Waals surface area (Å²) >= 11 is 0. The molecule has 3 N–H and O–H groups in total. The van der Waals surface area contributed by atoms with E-state index in [1.807, 2.05) is 0 Å². The number of carboxylic acids is 1. The molecular formula is C27H25FN6O3. The molecule has 5 aromatic rings. The van der Waals surface area contributed by atoms with Crippen molar-refractivity contribution < 1.29 is 14.3 Å². The Labute approximate surface area is 210 Å². The van der Waals surface area contributed by atoms with E-state index in [0.717, 1.165) is 54.5 Å².